The second kappa shape index (κ2) is 5.00. The van der Waals surface area contributed by atoms with E-state index in [-0.39, 0.29) is 23.6 Å². The van der Waals surface area contributed by atoms with E-state index in [4.69, 9.17) is 10.5 Å². The van der Waals surface area contributed by atoms with Gasteiger partial charge >= 0.3 is 0 Å². The van der Waals surface area contributed by atoms with Crippen molar-refractivity contribution in [2.75, 3.05) is 5.73 Å². The Morgan fingerprint density at radius 1 is 1.06 bits per heavy atom. The molecule has 2 aromatic rings. The molecule has 18 heavy (non-hydrogen) atoms. The zero-order chi connectivity index (χ0) is 13.1. The molecule has 2 nitrogen and oxygen atoms in total. The Hall–Kier alpha value is -2.17. The van der Waals surface area contributed by atoms with Crippen LogP contribution in [0.5, 0.6) is 5.75 Å². The van der Waals surface area contributed by atoms with Crippen LogP contribution in [0.15, 0.2) is 36.4 Å². The fourth-order valence-electron chi connectivity index (χ4n) is 1.46. The second-order valence-corrected chi connectivity index (χ2v) is 3.68. The summed E-state index contributed by atoms with van der Waals surface area (Å²) in [5, 5.41) is 0. The molecular formula is C13H10F3NO. The molecular weight excluding hydrogens is 243 g/mol. The van der Waals surface area contributed by atoms with Crippen LogP contribution in [-0.4, -0.2) is 0 Å². The lowest BCUT2D eigenvalue weighted by atomic mass is 10.2. The summed E-state index contributed by atoms with van der Waals surface area (Å²) in [6.07, 6.45) is 0. The summed E-state index contributed by atoms with van der Waals surface area (Å²) in [5.74, 6) is -2.27. The number of anilines is 1. The third-order valence-electron chi connectivity index (χ3n) is 2.39. The molecule has 0 fully saturated rings. The largest absolute Gasteiger partial charge is 0.486 e. The van der Waals surface area contributed by atoms with Crippen LogP contribution in [0.2, 0.25) is 0 Å². The summed E-state index contributed by atoms with van der Waals surface area (Å²) >= 11 is 0. The molecule has 0 bridgehead atoms. The highest BCUT2D eigenvalue weighted by atomic mass is 19.1. The van der Waals surface area contributed by atoms with Crippen LogP contribution in [-0.2, 0) is 6.61 Å². The topological polar surface area (TPSA) is 35.2 Å². The van der Waals surface area contributed by atoms with Gasteiger partial charge in [-0.3, -0.25) is 0 Å². The molecule has 0 amide bonds. The van der Waals surface area contributed by atoms with Gasteiger partial charge in [-0.05, 0) is 18.2 Å². The van der Waals surface area contributed by atoms with Gasteiger partial charge < -0.3 is 10.5 Å². The molecule has 0 aliphatic carbocycles. The number of ether oxygens (including phenoxy) is 1. The van der Waals surface area contributed by atoms with Crippen molar-refractivity contribution in [1.29, 1.82) is 0 Å². The number of rotatable bonds is 3. The number of benzene rings is 2. The highest BCUT2D eigenvalue weighted by molar-refractivity contribution is 5.42. The number of hydrogen-bond acceptors (Lipinski definition) is 2. The summed E-state index contributed by atoms with van der Waals surface area (Å²) in [4.78, 5) is 0. The minimum atomic E-state index is -0.834. The van der Waals surface area contributed by atoms with Gasteiger partial charge in [0.2, 0.25) is 0 Å². The molecule has 2 rings (SSSR count). The van der Waals surface area contributed by atoms with E-state index >= 15 is 0 Å². The number of hydrogen-bond donors (Lipinski definition) is 1. The van der Waals surface area contributed by atoms with Crippen LogP contribution in [0.4, 0.5) is 18.9 Å². The van der Waals surface area contributed by atoms with Gasteiger partial charge in [-0.1, -0.05) is 12.1 Å². The van der Waals surface area contributed by atoms with Gasteiger partial charge in [0.25, 0.3) is 0 Å². The van der Waals surface area contributed by atoms with Crippen LogP contribution in [0, 0.1) is 17.5 Å². The molecule has 0 radical (unpaired) electrons. The lowest BCUT2D eigenvalue weighted by Gasteiger charge is -2.09. The number of halogens is 3. The zero-order valence-corrected chi connectivity index (χ0v) is 9.29. The lowest BCUT2D eigenvalue weighted by Crippen LogP contribution is -2.02. The number of nitrogen functional groups attached to an aromatic ring is 1. The van der Waals surface area contributed by atoms with Crippen molar-refractivity contribution < 1.29 is 17.9 Å². The van der Waals surface area contributed by atoms with Crippen molar-refractivity contribution in [3.8, 4) is 5.75 Å². The minimum Gasteiger partial charge on any atom is -0.486 e. The van der Waals surface area contributed by atoms with Crippen molar-refractivity contribution >= 4 is 5.69 Å². The first-order chi connectivity index (χ1) is 8.58. The van der Waals surface area contributed by atoms with Gasteiger partial charge in [-0.15, -0.1) is 0 Å². The summed E-state index contributed by atoms with van der Waals surface area (Å²) in [6.45, 7) is -0.181. The van der Waals surface area contributed by atoms with E-state index in [2.05, 4.69) is 0 Å². The van der Waals surface area contributed by atoms with Crippen molar-refractivity contribution in [2.24, 2.45) is 0 Å². The molecule has 94 valence electrons. The smallest absolute Gasteiger partial charge is 0.167 e. The zero-order valence-electron chi connectivity index (χ0n) is 9.29. The van der Waals surface area contributed by atoms with Crippen molar-refractivity contribution in [2.45, 2.75) is 6.61 Å². The van der Waals surface area contributed by atoms with Gasteiger partial charge in [0.15, 0.2) is 17.4 Å². The molecule has 0 saturated carbocycles. The monoisotopic (exact) mass is 253 g/mol. The van der Waals surface area contributed by atoms with Crippen LogP contribution in [0.3, 0.4) is 0 Å². The van der Waals surface area contributed by atoms with Crippen LogP contribution < -0.4 is 10.5 Å². The summed E-state index contributed by atoms with van der Waals surface area (Å²) in [7, 11) is 0. The molecule has 0 aliphatic heterocycles. The predicted molar refractivity (Wildman–Crippen MR) is 61.5 cm³/mol. The first-order valence-corrected chi connectivity index (χ1v) is 5.18. The third kappa shape index (κ3) is 2.56. The van der Waals surface area contributed by atoms with Gasteiger partial charge in [-0.2, -0.15) is 0 Å². The standard InChI is InChI=1S/C13H10F3NO/c14-9-4-5-12(10(15)6-9)18-7-8-2-1-3-11(17)13(8)16/h1-6H,7,17H2. The highest BCUT2D eigenvalue weighted by Crippen LogP contribution is 2.21. The van der Waals surface area contributed by atoms with Crippen molar-refractivity contribution in [3.05, 3.63) is 59.4 Å². The summed E-state index contributed by atoms with van der Waals surface area (Å²) in [6, 6.07) is 7.37. The van der Waals surface area contributed by atoms with Crippen molar-refractivity contribution in [1.82, 2.24) is 0 Å². The van der Waals surface area contributed by atoms with E-state index in [1.54, 1.807) is 6.07 Å². The Bertz CT molecular complexity index is 572. The maximum absolute atomic E-state index is 13.5. The molecule has 0 unspecified atom stereocenters. The lowest BCUT2D eigenvalue weighted by molar-refractivity contribution is 0.284. The van der Waals surface area contributed by atoms with E-state index in [9.17, 15) is 13.2 Å². The van der Waals surface area contributed by atoms with E-state index in [0.29, 0.717) is 6.07 Å². The third-order valence-corrected chi connectivity index (χ3v) is 2.39. The Balaban J connectivity index is 2.14. The maximum Gasteiger partial charge on any atom is 0.167 e. The average Bonchev–Trinajstić information content (AvgIpc) is 2.33. The Morgan fingerprint density at radius 3 is 2.56 bits per heavy atom. The molecule has 0 aromatic heterocycles. The average molecular weight is 253 g/mol. The van der Waals surface area contributed by atoms with E-state index < -0.39 is 17.5 Å². The Kier molecular flexibility index (Phi) is 3.41. The van der Waals surface area contributed by atoms with E-state index in [0.717, 1.165) is 12.1 Å². The summed E-state index contributed by atoms with van der Waals surface area (Å²) in [5.41, 5.74) is 5.59. The highest BCUT2D eigenvalue weighted by Gasteiger charge is 2.09. The van der Waals surface area contributed by atoms with Gasteiger partial charge in [0.1, 0.15) is 12.4 Å². The molecule has 0 atom stereocenters. The van der Waals surface area contributed by atoms with Gasteiger partial charge in [0.05, 0.1) is 5.69 Å². The Morgan fingerprint density at radius 2 is 1.83 bits per heavy atom. The van der Waals surface area contributed by atoms with Gasteiger partial charge in [-0.25, -0.2) is 13.2 Å². The number of nitrogens with two attached hydrogens (primary N) is 1. The maximum atomic E-state index is 13.5. The first kappa shape index (κ1) is 12.3. The van der Waals surface area contributed by atoms with Crippen molar-refractivity contribution in [3.63, 3.8) is 0 Å². The molecule has 0 saturated heterocycles. The molecule has 2 N–H and O–H groups in total. The minimum absolute atomic E-state index is 0.00400. The predicted octanol–water partition coefficient (Wildman–Crippen LogP) is 3.27. The fourth-order valence-corrected chi connectivity index (χ4v) is 1.46. The van der Waals surface area contributed by atoms with Crippen LogP contribution in [0.1, 0.15) is 5.56 Å². The first-order valence-electron chi connectivity index (χ1n) is 5.18. The molecule has 0 heterocycles. The van der Waals surface area contributed by atoms with Gasteiger partial charge in [0, 0.05) is 11.6 Å². The van der Waals surface area contributed by atoms with E-state index in [1.807, 2.05) is 0 Å². The van der Waals surface area contributed by atoms with Crippen LogP contribution in [0.25, 0.3) is 0 Å². The Labute approximate surface area is 102 Å². The molecule has 0 aliphatic rings. The SMILES string of the molecule is Nc1cccc(COc2ccc(F)cc2F)c1F. The molecule has 2 aromatic carbocycles. The van der Waals surface area contributed by atoms with Crippen LogP contribution >= 0.6 is 0 Å². The molecule has 5 heteroatoms. The fraction of sp³-hybridized carbons (Fsp3) is 0.0769. The normalized spacial score (nSPS) is 10.4. The molecule has 0 spiro atoms. The summed E-state index contributed by atoms with van der Waals surface area (Å²) < 4.78 is 44.5. The quantitative estimate of drug-likeness (QED) is 0.852. The second-order valence-electron chi connectivity index (χ2n) is 3.68. The van der Waals surface area contributed by atoms with E-state index in [1.165, 1.54) is 12.1 Å².